The Balaban J connectivity index is 1.62. The van der Waals surface area contributed by atoms with Gasteiger partial charge in [-0.25, -0.2) is 0 Å². The maximum absolute atomic E-state index is 6.84. The highest BCUT2D eigenvalue weighted by Gasteiger charge is 2.66. The average Bonchev–Trinajstić information content (AvgIpc) is 2.85. The standard InChI is InChI=1S/C17H21ClO/c1-9-3-6-13(19-2)12(7-9)17(18)16-14-10-4-5-11(8-10)15(14)16/h3,6-7,10-11,14-17H,4-5,8H2,1-2H3. The van der Waals surface area contributed by atoms with E-state index in [0.717, 1.165) is 29.4 Å². The second kappa shape index (κ2) is 4.15. The van der Waals surface area contributed by atoms with Gasteiger partial charge in [-0.3, -0.25) is 0 Å². The number of ether oxygens (including phenoxy) is 1. The van der Waals surface area contributed by atoms with E-state index in [1.54, 1.807) is 7.11 Å². The summed E-state index contributed by atoms with van der Waals surface area (Å²) in [6.45, 7) is 2.13. The van der Waals surface area contributed by atoms with E-state index in [1.807, 2.05) is 0 Å². The zero-order valence-electron chi connectivity index (χ0n) is 11.6. The predicted octanol–water partition coefficient (Wildman–Crippen LogP) is 4.58. The smallest absolute Gasteiger partial charge is 0.123 e. The molecule has 3 fully saturated rings. The number of hydrogen-bond acceptors (Lipinski definition) is 1. The highest BCUT2D eigenvalue weighted by Crippen LogP contribution is 2.73. The van der Waals surface area contributed by atoms with Crippen LogP contribution in [0, 0.1) is 36.5 Å². The van der Waals surface area contributed by atoms with Crippen LogP contribution >= 0.6 is 11.6 Å². The molecule has 3 aliphatic rings. The lowest BCUT2D eigenvalue weighted by Gasteiger charge is -2.18. The molecule has 0 aromatic heterocycles. The molecule has 5 atom stereocenters. The Morgan fingerprint density at radius 2 is 1.89 bits per heavy atom. The summed E-state index contributed by atoms with van der Waals surface area (Å²) in [4.78, 5) is 0. The van der Waals surface area contributed by atoms with Gasteiger partial charge >= 0.3 is 0 Å². The summed E-state index contributed by atoms with van der Waals surface area (Å²) in [5, 5.41) is 0.147. The monoisotopic (exact) mass is 276 g/mol. The van der Waals surface area contributed by atoms with Crippen molar-refractivity contribution in [1.29, 1.82) is 0 Å². The quantitative estimate of drug-likeness (QED) is 0.735. The summed E-state index contributed by atoms with van der Waals surface area (Å²) in [7, 11) is 1.75. The SMILES string of the molecule is COc1ccc(C)cc1C(Cl)C1C2C3CCC(C3)C21. The van der Waals surface area contributed by atoms with Gasteiger partial charge < -0.3 is 4.74 Å². The van der Waals surface area contributed by atoms with E-state index in [1.165, 1.54) is 30.4 Å². The third kappa shape index (κ3) is 1.67. The molecule has 102 valence electrons. The molecule has 0 heterocycles. The fraction of sp³-hybridized carbons (Fsp3) is 0.647. The minimum absolute atomic E-state index is 0.147. The van der Waals surface area contributed by atoms with Crippen molar-refractivity contribution in [2.24, 2.45) is 29.6 Å². The first-order valence-electron chi connectivity index (χ1n) is 7.49. The molecule has 0 aliphatic heterocycles. The van der Waals surface area contributed by atoms with Crippen molar-refractivity contribution in [2.75, 3.05) is 7.11 Å². The lowest BCUT2D eigenvalue weighted by molar-refractivity contribution is 0.401. The lowest BCUT2D eigenvalue weighted by atomic mass is 9.95. The molecular formula is C17H21ClO. The van der Waals surface area contributed by atoms with Crippen LogP contribution in [0.4, 0.5) is 0 Å². The molecular weight excluding hydrogens is 256 g/mol. The molecule has 3 aliphatic carbocycles. The van der Waals surface area contributed by atoms with Crippen molar-refractivity contribution in [3.63, 3.8) is 0 Å². The summed E-state index contributed by atoms with van der Waals surface area (Å²) in [5.74, 6) is 5.48. The van der Waals surface area contributed by atoms with Gasteiger partial charge in [0.05, 0.1) is 12.5 Å². The Labute approximate surface area is 120 Å². The first-order chi connectivity index (χ1) is 9.20. The lowest BCUT2D eigenvalue weighted by Crippen LogP contribution is -2.06. The summed E-state index contributed by atoms with van der Waals surface area (Å²) < 4.78 is 5.51. The van der Waals surface area contributed by atoms with Gasteiger partial charge in [-0.2, -0.15) is 0 Å². The van der Waals surface area contributed by atoms with E-state index in [-0.39, 0.29) is 5.38 Å². The molecule has 1 aromatic carbocycles. The van der Waals surface area contributed by atoms with Crippen LogP contribution in [0.2, 0.25) is 0 Å². The van der Waals surface area contributed by atoms with E-state index in [0.29, 0.717) is 5.92 Å². The van der Waals surface area contributed by atoms with Crippen LogP contribution in [0.3, 0.4) is 0 Å². The molecule has 2 heteroatoms. The largest absolute Gasteiger partial charge is 0.496 e. The topological polar surface area (TPSA) is 9.23 Å². The van der Waals surface area contributed by atoms with Crippen molar-refractivity contribution in [1.82, 2.24) is 0 Å². The molecule has 5 unspecified atom stereocenters. The van der Waals surface area contributed by atoms with Crippen LogP contribution in [0.15, 0.2) is 18.2 Å². The van der Waals surface area contributed by atoms with Gasteiger partial charge in [-0.15, -0.1) is 11.6 Å². The van der Waals surface area contributed by atoms with E-state index in [2.05, 4.69) is 25.1 Å². The van der Waals surface area contributed by atoms with E-state index in [4.69, 9.17) is 16.3 Å². The first kappa shape index (κ1) is 12.1. The van der Waals surface area contributed by atoms with Gasteiger partial charge in [0.15, 0.2) is 0 Å². The maximum atomic E-state index is 6.84. The van der Waals surface area contributed by atoms with Gasteiger partial charge in [0.1, 0.15) is 5.75 Å². The minimum Gasteiger partial charge on any atom is -0.496 e. The van der Waals surface area contributed by atoms with Crippen molar-refractivity contribution in [2.45, 2.75) is 31.6 Å². The second-order valence-corrected chi connectivity index (χ2v) is 7.18. The number of fused-ring (bicyclic) bond motifs is 5. The zero-order chi connectivity index (χ0) is 13.1. The Kier molecular flexibility index (Phi) is 2.64. The van der Waals surface area contributed by atoms with Crippen molar-refractivity contribution in [3.8, 4) is 5.75 Å². The summed E-state index contributed by atoms with van der Waals surface area (Å²) in [6.07, 6.45) is 4.40. The molecule has 1 aromatic rings. The number of hydrogen-bond donors (Lipinski definition) is 0. The molecule has 3 saturated carbocycles. The van der Waals surface area contributed by atoms with E-state index >= 15 is 0 Å². The normalized spacial score (nSPS) is 40.1. The Morgan fingerprint density at radius 1 is 1.21 bits per heavy atom. The molecule has 4 rings (SSSR count). The number of methoxy groups -OCH3 is 1. The maximum Gasteiger partial charge on any atom is 0.123 e. The number of alkyl halides is 1. The number of rotatable bonds is 3. The highest BCUT2D eigenvalue weighted by atomic mass is 35.5. The van der Waals surface area contributed by atoms with Gasteiger partial charge in [-0.05, 0) is 61.8 Å². The van der Waals surface area contributed by atoms with Gasteiger partial charge in [0.25, 0.3) is 0 Å². The van der Waals surface area contributed by atoms with Crippen LogP contribution in [-0.4, -0.2) is 7.11 Å². The van der Waals surface area contributed by atoms with E-state index < -0.39 is 0 Å². The Hall–Kier alpha value is -0.690. The van der Waals surface area contributed by atoms with Crippen LogP contribution < -0.4 is 4.74 Å². The molecule has 0 N–H and O–H groups in total. The van der Waals surface area contributed by atoms with Crippen LogP contribution in [-0.2, 0) is 0 Å². The van der Waals surface area contributed by atoms with Crippen LogP contribution in [0.5, 0.6) is 5.75 Å². The number of benzene rings is 1. The summed E-state index contributed by atoms with van der Waals surface area (Å²) in [6, 6.07) is 6.38. The van der Waals surface area contributed by atoms with Gasteiger partial charge in [0, 0.05) is 5.56 Å². The molecule has 0 saturated heterocycles. The predicted molar refractivity (Wildman–Crippen MR) is 77.6 cm³/mol. The summed E-state index contributed by atoms with van der Waals surface area (Å²) in [5.41, 5.74) is 2.48. The first-order valence-corrected chi connectivity index (χ1v) is 7.93. The zero-order valence-corrected chi connectivity index (χ0v) is 12.4. The Morgan fingerprint density at radius 3 is 2.53 bits per heavy atom. The Bertz CT molecular complexity index is 496. The number of halogens is 1. The fourth-order valence-electron chi connectivity index (χ4n) is 5.06. The third-order valence-electron chi connectivity index (χ3n) is 5.82. The van der Waals surface area contributed by atoms with Gasteiger partial charge in [-0.1, -0.05) is 17.7 Å². The fourth-order valence-corrected chi connectivity index (χ4v) is 5.57. The average molecular weight is 277 g/mol. The second-order valence-electron chi connectivity index (χ2n) is 6.71. The minimum atomic E-state index is 0.147. The van der Waals surface area contributed by atoms with Gasteiger partial charge in [0.2, 0.25) is 0 Å². The summed E-state index contributed by atoms with van der Waals surface area (Å²) >= 11 is 6.84. The van der Waals surface area contributed by atoms with E-state index in [9.17, 15) is 0 Å². The van der Waals surface area contributed by atoms with Crippen LogP contribution in [0.25, 0.3) is 0 Å². The molecule has 1 nitrogen and oxygen atoms in total. The molecule has 0 spiro atoms. The third-order valence-corrected chi connectivity index (χ3v) is 6.34. The van der Waals surface area contributed by atoms with Crippen molar-refractivity contribution >= 4 is 11.6 Å². The van der Waals surface area contributed by atoms with Crippen molar-refractivity contribution < 1.29 is 4.74 Å². The number of aryl methyl sites for hydroxylation is 1. The molecule has 0 radical (unpaired) electrons. The van der Waals surface area contributed by atoms with Crippen molar-refractivity contribution in [3.05, 3.63) is 29.3 Å². The highest BCUT2D eigenvalue weighted by molar-refractivity contribution is 6.21. The molecule has 0 amide bonds. The molecule has 2 bridgehead atoms. The van der Waals surface area contributed by atoms with Crippen LogP contribution in [0.1, 0.15) is 35.8 Å². The molecule has 19 heavy (non-hydrogen) atoms.